The summed E-state index contributed by atoms with van der Waals surface area (Å²) >= 11 is 0. The highest BCUT2D eigenvalue weighted by Gasteiger charge is 2.25. The Bertz CT molecular complexity index is 777. The summed E-state index contributed by atoms with van der Waals surface area (Å²) in [5, 5.41) is 10.0. The number of halogens is 1. The zero-order valence-electron chi connectivity index (χ0n) is 15.5. The number of aromatic hydroxyl groups is 1. The minimum Gasteiger partial charge on any atom is -0.502 e. The van der Waals surface area contributed by atoms with Crippen LogP contribution in [0.5, 0.6) is 17.2 Å². The quantitative estimate of drug-likeness (QED) is 0.821. The number of benzene rings is 2. The van der Waals surface area contributed by atoms with Gasteiger partial charge in [-0.3, -0.25) is 4.79 Å². The number of rotatable bonds is 5. The van der Waals surface area contributed by atoms with E-state index < -0.39 is 0 Å². The number of phenols is 1. The van der Waals surface area contributed by atoms with Crippen LogP contribution in [0, 0.1) is 5.82 Å². The van der Waals surface area contributed by atoms with Crippen molar-refractivity contribution in [1.29, 1.82) is 0 Å². The van der Waals surface area contributed by atoms with Crippen LogP contribution in [0.25, 0.3) is 0 Å². The zero-order chi connectivity index (χ0) is 19.4. The molecule has 0 bridgehead atoms. The van der Waals surface area contributed by atoms with E-state index in [1.807, 2.05) is 0 Å². The molecule has 1 fully saturated rings. The van der Waals surface area contributed by atoms with Gasteiger partial charge in [-0.25, -0.2) is 4.39 Å². The van der Waals surface area contributed by atoms with Crippen LogP contribution in [0.4, 0.5) is 4.39 Å². The number of methoxy groups -OCH3 is 2. The summed E-state index contributed by atoms with van der Waals surface area (Å²) in [5.74, 6) is 0.346. The molecule has 27 heavy (non-hydrogen) atoms. The molecule has 0 unspecified atom stereocenters. The monoisotopic (exact) mass is 375 g/mol. The standard InChI is InChI=1S/C20H23FN2O4/c1-26-17-11-14(12-18(27-2)19(17)24)13-22-7-9-23(10-8-22)20(25)15-3-5-16(21)6-4-15/h3-6,11-12,24H,7-10,13H2,1-2H3/p+1. The molecule has 3 rings (SSSR count). The largest absolute Gasteiger partial charge is 0.502 e. The van der Waals surface area contributed by atoms with E-state index in [-0.39, 0.29) is 17.5 Å². The molecular formula is C20H24FN2O4+. The number of phenolic OH excluding ortho intramolecular Hbond substituents is 1. The number of carbonyl (C=O) groups excluding carboxylic acids is 1. The molecule has 0 spiro atoms. The van der Waals surface area contributed by atoms with Crippen molar-refractivity contribution in [2.45, 2.75) is 6.54 Å². The predicted molar refractivity (Wildman–Crippen MR) is 97.9 cm³/mol. The lowest BCUT2D eigenvalue weighted by Crippen LogP contribution is -3.13. The van der Waals surface area contributed by atoms with Crippen LogP contribution in [-0.2, 0) is 6.54 Å². The van der Waals surface area contributed by atoms with Crippen molar-refractivity contribution in [1.82, 2.24) is 4.90 Å². The van der Waals surface area contributed by atoms with Gasteiger partial charge in [-0.05, 0) is 36.4 Å². The van der Waals surface area contributed by atoms with Gasteiger partial charge in [0.15, 0.2) is 11.5 Å². The zero-order valence-corrected chi connectivity index (χ0v) is 15.5. The molecule has 0 radical (unpaired) electrons. The molecule has 2 N–H and O–H groups in total. The Morgan fingerprint density at radius 3 is 2.19 bits per heavy atom. The van der Waals surface area contributed by atoms with E-state index in [4.69, 9.17) is 9.47 Å². The van der Waals surface area contributed by atoms with Crippen molar-refractivity contribution in [3.05, 3.63) is 53.3 Å². The molecule has 1 aliphatic heterocycles. The molecule has 7 heteroatoms. The van der Waals surface area contributed by atoms with E-state index in [9.17, 15) is 14.3 Å². The number of quaternary nitrogens is 1. The van der Waals surface area contributed by atoms with Crippen molar-refractivity contribution in [3.8, 4) is 17.2 Å². The molecule has 0 atom stereocenters. The summed E-state index contributed by atoms with van der Waals surface area (Å²) in [6.45, 7) is 3.62. The van der Waals surface area contributed by atoms with Crippen LogP contribution in [0.3, 0.4) is 0 Å². The number of carbonyl (C=O) groups is 1. The van der Waals surface area contributed by atoms with Gasteiger partial charge in [-0.1, -0.05) is 0 Å². The molecule has 2 aromatic carbocycles. The third kappa shape index (κ3) is 4.31. The number of amides is 1. The number of hydrogen-bond donors (Lipinski definition) is 2. The summed E-state index contributed by atoms with van der Waals surface area (Å²) in [4.78, 5) is 15.6. The minimum absolute atomic E-state index is 0.00605. The highest BCUT2D eigenvalue weighted by molar-refractivity contribution is 5.94. The minimum atomic E-state index is -0.347. The van der Waals surface area contributed by atoms with Crippen LogP contribution < -0.4 is 14.4 Å². The van der Waals surface area contributed by atoms with Crippen molar-refractivity contribution < 1.29 is 28.7 Å². The summed E-state index contributed by atoms with van der Waals surface area (Å²) in [5.41, 5.74) is 1.50. The Hall–Kier alpha value is -2.80. The summed E-state index contributed by atoms with van der Waals surface area (Å²) in [6, 6.07) is 9.26. The van der Waals surface area contributed by atoms with Gasteiger partial charge in [0, 0.05) is 11.1 Å². The first-order valence-electron chi connectivity index (χ1n) is 8.84. The lowest BCUT2D eigenvalue weighted by atomic mass is 10.1. The van der Waals surface area contributed by atoms with E-state index in [1.165, 1.54) is 43.4 Å². The Morgan fingerprint density at radius 1 is 1.11 bits per heavy atom. The predicted octanol–water partition coefficient (Wildman–Crippen LogP) is 1.09. The molecule has 0 aliphatic carbocycles. The Morgan fingerprint density at radius 2 is 1.67 bits per heavy atom. The second-order valence-electron chi connectivity index (χ2n) is 6.57. The van der Waals surface area contributed by atoms with Gasteiger partial charge in [0.25, 0.3) is 5.91 Å². The number of ether oxygens (including phenoxy) is 2. The first kappa shape index (κ1) is 19.0. The average molecular weight is 375 g/mol. The number of piperazine rings is 1. The van der Waals surface area contributed by atoms with Gasteiger partial charge < -0.3 is 24.4 Å². The lowest BCUT2D eigenvalue weighted by Gasteiger charge is -2.32. The van der Waals surface area contributed by atoms with Crippen molar-refractivity contribution in [2.75, 3.05) is 40.4 Å². The number of hydrogen-bond acceptors (Lipinski definition) is 4. The fourth-order valence-electron chi connectivity index (χ4n) is 3.32. The smallest absolute Gasteiger partial charge is 0.254 e. The van der Waals surface area contributed by atoms with E-state index in [0.717, 1.165) is 25.2 Å². The molecule has 2 aromatic rings. The molecule has 1 amide bonds. The molecule has 144 valence electrons. The topological polar surface area (TPSA) is 63.4 Å². The molecule has 0 saturated carbocycles. The maximum Gasteiger partial charge on any atom is 0.254 e. The third-order valence-corrected chi connectivity index (χ3v) is 4.84. The lowest BCUT2D eigenvalue weighted by molar-refractivity contribution is -0.917. The normalized spacial score (nSPS) is 14.9. The summed E-state index contributed by atoms with van der Waals surface area (Å²) in [7, 11) is 3.01. The van der Waals surface area contributed by atoms with Crippen molar-refractivity contribution in [2.24, 2.45) is 0 Å². The number of nitrogens with zero attached hydrogens (tertiary/aromatic N) is 1. The third-order valence-electron chi connectivity index (χ3n) is 4.84. The fourth-order valence-corrected chi connectivity index (χ4v) is 3.32. The van der Waals surface area contributed by atoms with Gasteiger partial charge in [-0.2, -0.15) is 0 Å². The maximum absolute atomic E-state index is 13.0. The van der Waals surface area contributed by atoms with Crippen LogP contribution in [0.1, 0.15) is 15.9 Å². The molecule has 6 nitrogen and oxygen atoms in total. The van der Waals surface area contributed by atoms with E-state index >= 15 is 0 Å². The van der Waals surface area contributed by atoms with Crippen LogP contribution in [0.15, 0.2) is 36.4 Å². The second kappa shape index (κ2) is 8.26. The molecular weight excluding hydrogens is 351 g/mol. The van der Waals surface area contributed by atoms with Crippen LogP contribution in [0.2, 0.25) is 0 Å². The molecule has 1 aliphatic rings. The second-order valence-corrected chi connectivity index (χ2v) is 6.57. The van der Waals surface area contributed by atoms with Gasteiger partial charge in [0.1, 0.15) is 12.4 Å². The first-order chi connectivity index (χ1) is 13.0. The van der Waals surface area contributed by atoms with Gasteiger partial charge in [0.05, 0.1) is 40.4 Å². The van der Waals surface area contributed by atoms with E-state index in [2.05, 4.69) is 0 Å². The van der Waals surface area contributed by atoms with Gasteiger partial charge in [-0.15, -0.1) is 0 Å². The SMILES string of the molecule is COc1cc(C[NH+]2CCN(C(=O)c3ccc(F)cc3)CC2)cc(OC)c1O. The molecule has 1 heterocycles. The Kier molecular flexibility index (Phi) is 5.81. The van der Waals surface area contributed by atoms with Crippen molar-refractivity contribution >= 4 is 5.91 Å². The Labute approximate surface area is 157 Å². The van der Waals surface area contributed by atoms with E-state index in [0.29, 0.717) is 30.2 Å². The maximum atomic E-state index is 13.0. The van der Waals surface area contributed by atoms with Gasteiger partial charge >= 0.3 is 0 Å². The molecule has 1 saturated heterocycles. The highest BCUT2D eigenvalue weighted by atomic mass is 19.1. The average Bonchev–Trinajstić information content (AvgIpc) is 2.69. The molecule has 0 aromatic heterocycles. The fraction of sp³-hybridized carbons (Fsp3) is 0.350. The highest BCUT2D eigenvalue weighted by Crippen LogP contribution is 2.36. The first-order valence-corrected chi connectivity index (χ1v) is 8.84. The van der Waals surface area contributed by atoms with E-state index in [1.54, 1.807) is 17.0 Å². The van der Waals surface area contributed by atoms with Gasteiger partial charge in [0.2, 0.25) is 5.75 Å². The number of nitrogens with one attached hydrogen (secondary N) is 1. The Balaban J connectivity index is 1.61. The summed E-state index contributed by atoms with van der Waals surface area (Å²) in [6.07, 6.45) is 0. The summed E-state index contributed by atoms with van der Waals surface area (Å²) < 4.78 is 23.4. The van der Waals surface area contributed by atoms with Crippen molar-refractivity contribution in [3.63, 3.8) is 0 Å². The van der Waals surface area contributed by atoms with Crippen LogP contribution in [-0.4, -0.2) is 56.3 Å². The van der Waals surface area contributed by atoms with Crippen LogP contribution >= 0.6 is 0 Å².